The summed E-state index contributed by atoms with van der Waals surface area (Å²) in [6, 6.07) is 8.62. The van der Waals surface area contributed by atoms with E-state index in [2.05, 4.69) is 59.0 Å². The van der Waals surface area contributed by atoms with E-state index in [0.29, 0.717) is 6.04 Å². The molecule has 1 aromatic rings. The van der Waals surface area contributed by atoms with Crippen molar-refractivity contribution in [3.05, 3.63) is 29.8 Å². The van der Waals surface area contributed by atoms with E-state index in [9.17, 15) is 0 Å². The van der Waals surface area contributed by atoms with Gasteiger partial charge in [0.15, 0.2) is 0 Å². The molecule has 4 heteroatoms. The van der Waals surface area contributed by atoms with Crippen LogP contribution in [0.25, 0.3) is 0 Å². The average Bonchev–Trinajstić information content (AvgIpc) is 2.39. The van der Waals surface area contributed by atoms with Crippen molar-refractivity contribution in [1.29, 1.82) is 0 Å². The zero-order valence-electron chi connectivity index (χ0n) is 11.1. The first-order valence-corrected chi connectivity index (χ1v) is 6.81. The molecular weight excluding hydrogens is 242 g/mol. The van der Waals surface area contributed by atoms with Gasteiger partial charge in [-0.3, -0.25) is 0 Å². The van der Waals surface area contributed by atoms with Crippen LogP contribution >= 0.6 is 12.2 Å². The van der Waals surface area contributed by atoms with Gasteiger partial charge in [0.1, 0.15) is 0 Å². The molecule has 1 atom stereocenters. The van der Waals surface area contributed by atoms with Crippen molar-refractivity contribution in [1.82, 2.24) is 10.6 Å². The first-order valence-electron chi connectivity index (χ1n) is 6.41. The maximum absolute atomic E-state index is 4.58. The minimum Gasteiger partial charge on any atom is -0.315 e. The second-order valence-corrected chi connectivity index (χ2v) is 4.32. The zero-order chi connectivity index (χ0) is 13.2. The smallest absolute Gasteiger partial charge is 0.0739 e. The highest BCUT2D eigenvalue weighted by Crippen LogP contribution is 2.13. The van der Waals surface area contributed by atoms with Crippen molar-refractivity contribution in [3.63, 3.8) is 0 Å². The van der Waals surface area contributed by atoms with Gasteiger partial charge >= 0.3 is 0 Å². The predicted molar refractivity (Wildman–Crippen MR) is 80.8 cm³/mol. The lowest BCUT2D eigenvalue weighted by molar-refractivity contribution is 0.488. The number of likely N-dealkylation sites (N-methyl/N-ethyl adjacent to an activating group) is 2. The van der Waals surface area contributed by atoms with Crippen molar-refractivity contribution >= 4 is 23.1 Å². The van der Waals surface area contributed by atoms with Gasteiger partial charge in [0.2, 0.25) is 0 Å². The Morgan fingerprint density at radius 2 is 1.94 bits per heavy atom. The van der Waals surface area contributed by atoms with Gasteiger partial charge in [0, 0.05) is 12.6 Å². The number of hydrogen-bond donors (Lipinski definition) is 2. The molecule has 0 heterocycles. The van der Waals surface area contributed by atoms with Gasteiger partial charge in [-0.15, -0.1) is 0 Å². The number of aliphatic imine (C=N–C) groups is 1. The Bertz CT molecular complexity index is 383. The van der Waals surface area contributed by atoms with E-state index >= 15 is 0 Å². The van der Waals surface area contributed by atoms with Crippen LogP contribution in [-0.2, 0) is 6.42 Å². The molecule has 0 saturated heterocycles. The molecule has 0 aromatic heterocycles. The third-order valence-corrected chi connectivity index (χ3v) is 2.82. The van der Waals surface area contributed by atoms with Crippen LogP contribution in [0.15, 0.2) is 29.3 Å². The Balaban J connectivity index is 2.59. The predicted octanol–water partition coefficient (Wildman–Crippen LogP) is 2.55. The largest absolute Gasteiger partial charge is 0.315 e. The summed E-state index contributed by atoms with van der Waals surface area (Å²) in [4.78, 5) is 3.95. The van der Waals surface area contributed by atoms with Gasteiger partial charge in [0.25, 0.3) is 0 Å². The van der Waals surface area contributed by atoms with Crippen molar-refractivity contribution in [2.24, 2.45) is 4.99 Å². The van der Waals surface area contributed by atoms with Gasteiger partial charge < -0.3 is 10.6 Å². The normalized spacial score (nSPS) is 11.9. The lowest BCUT2D eigenvalue weighted by Gasteiger charge is -2.18. The number of rotatable bonds is 8. The molecule has 0 bridgehead atoms. The summed E-state index contributed by atoms with van der Waals surface area (Å²) < 4.78 is 0. The van der Waals surface area contributed by atoms with Crippen LogP contribution in [0.1, 0.15) is 19.4 Å². The molecule has 0 fully saturated rings. The minimum atomic E-state index is 0.467. The first kappa shape index (κ1) is 15.0. The molecule has 0 radical (unpaired) electrons. The van der Waals surface area contributed by atoms with E-state index in [1.165, 1.54) is 5.56 Å². The lowest BCUT2D eigenvalue weighted by atomic mass is 10.1. The van der Waals surface area contributed by atoms with E-state index < -0.39 is 0 Å². The highest BCUT2D eigenvalue weighted by Gasteiger charge is 2.07. The molecule has 1 unspecified atom stereocenters. The van der Waals surface area contributed by atoms with Crippen LogP contribution in [0.2, 0.25) is 0 Å². The Kier molecular flexibility index (Phi) is 7.46. The van der Waals surface area contributed by atoms with Crippen molar-refractivity contribution in [2.75, 3.05) is 19.6 Å². The fourth-order valence-corrected chi connectivity index (χ4v) is 1.97. The van der Waals surface area contributed by atoms with Crippen molar-refractivity contribution in [3.8, 4) is 0 Å². The van der Waals surface area contributed by atoms with E-state index in [1.54, 1.807) is 0 Å². The minimum absolute atomic E-state index is 0.467. The third-order valence-electron chi connectivity index (χ3n) is 2.73. The molecule has 0 spiro atoms. The summed E-state index contributed by atoms with van der Waals surface area (Å²) in [6.45, 7) is 7.25. The monoisotopic (exact) mass is 263 g/mol. The van der Waals surface area contributed by atoms with Crippen LogP contribution < -0.4 is 10.6 Å². The van der Waals surface area contributed by atoms with E-state index in [1.807, 2.05) is 12.1 Å². The summed E-state index contributed by atoms with van der Waals surface area (Å²) in [5, 5.41) is 9.25. The fraction of sp³-hybridized carbons (Fsp3) is 0.500. The number of nitrogens with one attached hydrogen (secondary N) is 2. The first-order chi connectivity index (χ1) is 8.80. The standard InChI is InChI=1S/C14H21N3S/c1-3-15-10-14(16-4-2)9-12-5-7-13(8-6-12)17-11-18/h5-8,14-16H,3-4,9-10H2,1-2H3. The lowest BCUT2D eigenvalue weighted by Crippen LogP contribution is -2.40. The van der Waals surface area contributed by atoms with Gasteiger partial charge in [-0.1, -0.05) is 26.0 Å². The Morgan fingerprint density at radius 1 is 1.22 bits per heavy atom. The topological polar surface area (TPSA) is 36.4 Å². The Morgan fingerprint density at radius 3 is 2.50 bits per heavy atom. The van der Waals surface area contributed by atoms with Gasteiger partial charge in [-0.05, 0) is 49.4 Å². The Hall–Kier alpha value is -1.06. The second kappa shape index (κ2) is 8.95. The Labute approximate surface area is 115 Å². The van der Waals surface area contributed by atoms with Crippen LogP contribution in [0, 0.1) is 0 Å². The average molecular weight is 263 g/mol. The third kappa shape index (κ3) is 5.52. The molecule has 98 valence electrons. The van der Waals surface area contributed by atoms with Crippen LogP contribution in [-0.4, -0.2) is 30.8 Å². The summed E-state index contributed by atoms with van der Waals surface area (Å²) in [5.74, 6) is 0. The zero-order valence-corrected chi connectivity index (χ0v) is 11.9. The van der Waals surface area contributed by atoms with E-state index in [0.717, 1.165) is 31.7 Å². The van der Waals surface area contributed by atoms with Crippen LogP contribution in [0.4, 0.5) is 5.69 Å². The van der Waals surface area contributed by atoms with Gasteiger partial charge in [0.05, 0.1) is 10.8 Å². The molecule has 0 aliphatic rings. The molecule has 2 N–H and O–H groups in total. The van der Waals surface area contributed by atoms with Crippen molar-refractivity contribution < 1.29 is 0 Å². The summed E-state index contributed by atoms with van der Waals surface area (Å²) in [5.41, 5.74) is 2.17. The molecule has 1 rings (SSSR count). The highest BCUT2D eigenvalue weighted by molar-refractivity contribution is 7.78. The maximum Gasteiger partial charge on any atom is 0.0739 e. The molecule has 18 heavy (non-hydrogen) atoms. The number of isothiocyanates is 1. The van der Waals surface area contributed by atoms with E-state index in [-0.39, 0.29) is 0 Å². The summed E-state index contributed by atoms with van der Waals surface area (Å²) in [7, 11) is 0. The SMILES string of the molecule is CCNCC(Cc1ccc(N=C=S)cc1)NCC. The number of hydrogen-bond acceptors (Lipinski definition) is 4. The molecule has 0 aliphatic heterocycles. The summed E-state index contributed by atoms with van der Waals surface area (Å²) in [6.07, 6.45) is 1.02. The number of thiocarbonyl (C=S) groups is 1. The highest BCUT2D eigenvalue weighted by atomic mass is 32.1. The maximum atomic E-state index is 4.58. The van der Waals surface area contributed by atoms with Gasteiger partial charge in [-0.25, -0.2) is 0 Å². The molecule has 3 nitrogen and oxygen atoms in total. The van der Waals surface area contributed by atoms with Crippen molar-refractivity contribution in [2.45, 2.75) is 26.3 Å². The molecule has 0 aliphatic carbocycles. The van der Waals surface area contributed by atoms with Crippen LogP contribution in [0.3, 0.4) is 0 Å². The van der Waals surface area contributed by atoms with E-state index in [4.69, 9.17) is 0 Å². The fourth-order valence-electron chi connectivity index (χ4n) is 1.87. The van der Waals surface area contributed by atoms with Crippen LogP contribution in [0.5, 0.6) is 0 Å². The summed E-state index contributed by atoms with van der Waals surface area (Å²) >= 11 is 4.58. The molecule has 1 aromatic carbocycles. The molecular formula is C14H21N3S. The second-order valence-electron chi connectivity index (χ2n) is 4.14. The quantitative estimate of drug-likeness (QED) is 0.559. The molecule has 0 amide bonds. The molecule has 0 saturated carbocycles. The number of nitrogens with zero attached hydrogens (tertiary/aromatic N) is 1. The number of benzene rings is 1. The van der Waals surface area contributed by atoms with Gasteiger partial charge in [-0.2, -0.15) is 4.99 Å².